The molecule has 3 aromatic rings. The highest BCUT2D eigenvalue weighted by atomic mass is 16.4. The van der Waals surface area contributed by atoms with Gasteiger partial charge in [0.2, 0.25) is 5.76 Å². The van der Waals surface area contributed by atoms with Crippen molar-refractivity contribution in [3.8, 4) is 0 Å². The van der Waals surface area contributed by atoms with Gasteiger partial charge in [0, 0.05) is 5.39 Å². The molecule has 0 atom stereocenters. The summed E-state index contributed by atoms with van der Waals surface area (Å²) >= 11 is 0. The summed E-state index contributed by atoms with van der Waals surface area (Å²) in [5.41, 5.74) is 1.94. The van der Waals surface area contributed by atoms with Crippen molar-refractivity contribution in [1.82, 2.24) is 4.98 Å². The zero-order valence-corrected chi connectivity index (χ0v) is 11.5. The summed E-state index contributed by atoms with van der Waals surface area (Å²) in [6, 6.07) is 13.1. The van der Waals surface area contributed by atoms with Crippen LogP contribution >= 0.6 is 0 Å². The second kappa shape index (κ2) is 5.28. The second-order valence-corrected chi connectivity index (χ2v) is 4.77. The number of nitrogens with zero attached hydrogens (tertiary/aromatic N) is 1. The number of aryl methyl sites for hydroxylation is 1. The smallest absolute Gasteiger partial charge is 0.371 e. The molecule has 0 unspecified atom stereocenters. The molecule has 5 nitrogen and oxygen atoms in total. The van der Waals surface area contributed by atoms with E-state index < -0.39 is 5.97 Å². The summed E-state index contributed by atoms with van der Waals surface area (Å²) in [6.07, 6.45) is 0. The Kier molecular flexibility index (Phi) is 3.31. The third-order valence-electron chi connectivity index (χ3n) is 3.22. The van der Waals surface area contributed by atoms with Crippen molar-refractivity contribution in [3.63, 3.8) is 0 Å². The number of benzene rings is 1. The van der Waals surface area contributed by atoms with E-state index in [4.69, 9.17) is 9.52 Å². The lowest BCUT2D eigenvalue weighted by molar-refractivity contribution is 0.0660. The predicted molar refractivity (Wildman–Crippen MR) is 79.5 cm³/mol. The quantitative estimate of drug-likeness (QED) is 0.766. The lowest BCUT2D eigenvalue weighted by Gasteiger charge is -2.08. The van der Waals surface area contributed by atoms with Crippen molar-refractivity contribution >= 4 is 22.7 Å². The van der Waals surface area contributed by atoms with Gasteiger partial charge in [-0.15, -0.1) is 0 Å². The maximum atomic E-state index is 10.8. The third kappa shape index (κ3) is 2.72. The molecule has 106 valence electrons. The lowest BCUT2D eigenvalue weighted by Crippen LogP contribution is -2.03. The van der Waals surface area contributed by atoms with E-state index in [0.717, 1.165) is 22.3 Å². The number of carbonyl (C=O) groups is 1. The number of rotatable bonds is 4. The Morgan fingerprint density at radius 1 is 1.29 bits per heavy atom. The van der Waals surface area contributed by atoms with Crippen LogP contribution in [0.4, 0.5) is 5.82 Å². The Balaban J connectivity index is 1.80. The number of nitrogens with one attached hydrogen (secondary N) is 1. The summed E-state index contributed by atoms with van der Waals surface area (Å²) in [7, 11) is 0. The summed E-state index contributed by atoms with van der Waals surface area (Å²) in [5.74, 6) is 0.194. The van der Waals surface area contributed by atoms with Gasteiger partial charge < -0.3 is 14.8 Å². The zero-order valence-electron chi connectivity index (χ0n) is 11.5. The molecule has 0 spiro atoms. The highest BCUT2D eigenvalue weighted by Gasteiger charge is 2.09. The number of hydrogen-bond acceptors (Lipinski definition) is 4. The first-order valence-corrected chi connectivity index (χ1v) is 6.56. The number of hydrogen-bond donors (Lipinski definition) is 2. The average Bonchev–Trinajstić information content (AvgIpc) is 2.94. The summed E-state index contributed by atoms with van der Waals surface area (Å²) in [5, 5.41) is 13.1. The van der Waals surface area contributed by atoms with Gasteiger partial charge in [0.25, 0.3) is 0 Å². The molecule has 2 N–H and O–H groups in total. The topological polar surface area (TPSA) is 75.4 Å². The molecular weight excluding hydrogens is 268 g/mol. The number of carboxylic acid groups (broad SMARTS) is 1. The number of aromatic carboxylic acids is 1. The number of fused-ring (bicyclic) bond motifs is 1. The van der Waals surface area contributed by atoms with E-state index in [0.29, 0.717) is 12.3 Å². The molecule has 0 saturated carbocycles. The molecule has 2 aromatic heterocycles. The third-order valence-corrected chi connectivity index (χ3v) is 3.22. The van der Waals surface area contributed by atoms with Crippen molar-refractivity contribution in [2.75, 3.05) is 5.32 Å². The lowest BCUT2D eigenvalue weighted by atomic mass is 10.1. The van der Waals surface area contributed by atoms with Gasteiger partial charge in [0.15, 0.2) is 0 Å². The summed E-state index contributed by atoms with van der Waals surface area (Å²) < 4.78 is 5.20. The van der Waals surface area contributed by atoms with E-state index in [1.807, 2.05) is 31.2 Å². The van der Waals surface area contributed by atoms with Crippen molar-refractivity contribution < 1.29 is 14.3 Å². The molecule has 3 rings (SSSR count). The van der Waals surface area contributed by atoms with Crippen LogP contribution in [0.1, 0.15) is 21.9 Å². The molecule has 5 heteroatoms. The van der Waals surface area contributed by atoms with E-state index in [2.05, 4.69) is 16.4 Å². The first-order chi connectivity index (χ1) is 10.1. The van der Waals surface area contributed by atoms with E-state index in [1.54, 1.807) is 6.07 Å². The summed E-state index contributed by atoms with van der Waals surface area (Å²) in [4.78, 5) is 15.3. The number of furan rings is 1. The maximum Gasteiger partial charge on any atom is 0.371 e. The van der Waals surface area contributed by atoms with Crippen molar-refractivity contribution in [2.24, 2.45) is 0 Å². The minimum atomic E-state index is -1.07. The van der Waals surface area contributed by atoms with Crippen LogP contribution < -0.4 is 5.32 Å². The minimum Gasteiger partial charge on any atom is -0.475 e. The van der Waals surface area contributed by atoms with Gasteiger partial charge in [-0.2, -0.15) is 0 Å². The SMILES string of the molecule is Cc1cc2ccccc2nc1NCc1ccc(C(=O)O)o1. The molecule has 0 saturated heterocycles. The highest BCUT2D eigenvalue weighted by molar-refractivity contribution is 5.84. The van der Waals surface area contributed by atoms with Crippen molar-refractivity contribution in [2.45, 2.75) is 13.5 Å². The Morgan fingerprint density at radius 3 is 2.86 bits per heavy atom. The van der Waals surface area contributed by atoms with E-state index in [1.165, 1.54) is 6.07 Å². The number of para-hydroxylation sites is 1. The molecule has 1 aromatic carbocycles. The van der Waals surface area contributed by atoms with E-state index in [9.17, 15) is 4.79 Å². The molecule has 0 aliphatic rings. The molecule has 0 amide bonds. The average molecular weight is 282 g/mol. The van der Waals surface area contributed by atoms with Gasteiger partial charge in [0.05, 0.1) is 12.1 Å². The number of carboxylic acids is 1. The first kappa shape index (κ1) is 13.2. The van der Waals surface area contributed by atoms with Crippen molar-refractivity contribution in [1.29, 1.82) is 0 Å². The van der Waals surface area contributed by atoms with E-state index in [-0.39, 0.29) is 5.76 Å². The van der Waals surface area contributed by atoms with Crippen LogP contribution in [0.25, 0.3) is 10.9 Å². The molecule has 21 heavy (non-hydrogen) atoms. The van der Waals surface area contributed by atoms with Gasteiger partial charge in [-0.3, -0.25) is 0 Å². The Morgan fingerprint density at radius 2 is 2.10 bits per heavy atom. The van der Waals surface area contributed by atoms with Crippen molar-refractivity contribution in [3.05, 3.63) is 59.5 Å². The highest BCUT2D eigenvalue weighted by Crippen LogP contribution is 2.20. The number of aromatic nitrogens is 1. The standard InChI is InChI=1S/C16H14N2O3/c1-10-8-11-4-2-3-5-13(11)18-15(10)17-9-12-6-7-14(21-12)16(19)20/h2-8H,9H2,1H3,(H,17,18)(H,19,20). The fourth-order valence-corrected chi connectivity index (χ4v) is 2.16. The minimum absolute atomic E-state index is 0.0602. The fourth-order valence-electron chi connectivity index (χ4n) is 2.16. The molecule has 0 fully saturated rings. The monoisotopic (exact) mass is 282 g/mol. The zero-order chi connectivity index (χ0) is 14.8. The first-order valence-electron chi connectivity index (χ1n) is 6.56. The molecule has 0 aliphatic carbocycles. The molecule has 2 heterocycles. The number of anilines is 1. The second-order valence-electron chi connectivity index (χ2n) is 4.77. The molecular formula is C16H14N2O3. The van der Waals surface area contributed by atoms with Gasteiger partial charge in [-0.25, -0.2) is 9.78 Å². The van der Waals surface area contributed by atoms with Gasteiger partial charge >= 0.3 is 5.97 Å². The van der Waals surface area contributed by atoms with Crippen LogP contribution in [0, 0.1) is 6.92 Å². The van der Waals surface area contributed by atoms with Gasteiger partial charge in [-0.1, -0.05) is 18.2 Å². The van der Waals surface area contributed by atoms with Crippen LogP contribution in [0.5, 0.6) is 0 Å². The predicted octanol–water partition coefficient (Wildman–Crippen LogP) is 3.45. The number of pyridine rings is 1. The largest absolute Gasteiger partial charge is 0.475 e. The Bertz CT molecular complexity index is 808. The van der Waals surface area contributed by atoms with Crippen LogP contribution in [0.15, 0.2) is 46.9 Å². The Labute approximate surface area is 121 Å². The van der Waals surface area contributed by atoms with Crippen LogP contribution in [-0.4, -0.2) is 16.1 Å². The summed E-state index contributed by atoms with van der Waals surface area (Å²) in [6.45, 7) is 2.37. The van der Waals surface area contributed by atoms with Crippen LogP contribution in [0.3, 0.4) is 0 Å². The van der Waals surface area contributed by atoms with Gasteiger partial charge in [-0.05, 0) is 36.8 Å². The molecule has 0 bridgehead atoms. The molecule has 0 aliphatic heterocycles. The fraction of sp³-hybridized carbons (Fsp3) is 0.125. The molecule has 0 radical (unpaired) electrons. The van der Waals surface area contributed by atoms with Gasteiger partial charge in [0.1, 0.15) is 11.6 Å². The Hall–Kier alpha value is -2.82. The maximum absolute atomic E-state index is 10.8. The van der Waals surface area contributed by atoms with E-state index >= 15 is 0 Å². The van der Waals surface area contributed by atoms with Crippen LogP contribution in [0.2, 0.25) is 0 Å². The van der Waals surface area contributed by atoms with Crippen LogP contribution in [-0.2, 0) is 6.54 Å². The normalized spacial score (nSPS) is 10.7.